The molecule has 1 aliphatic heterocycles. The third-order valence-corrected chi connectivity index (χ3v) is 8.43. The Labute approximate surface area is 278 Å². The van der Waals surface area contributed by atoms with E-state index in [1.807, 2.05) is 34.9 Å². The number of imidazole rings is 1. The Morgan fingerprint density at radius 2 is 1.79 bits per heavy atom. The molecule has 0 atom stereocenters. The number of phenolic OH excluding ortho intramolecular Hbond substituents is 1. The second kappa shape index (κ2) is 14.1. The van der Waals surface area contributed by atoms with E-state index in [-0.39, 0.29) is 11.3 Å². The van der Waals surface area contributed by atoms with Gasteiger partial charge in [-0.15, -0.1) is 0 Å². The lowest BCUT2D eigenvalue weighted by molar-refractivity contribution is -0.104. The third-order valence-electron chi connectivity index (χ3n) is 8.43. The van der Waals surface area contributed by atoms with Crippen molar-refractivity contribution in [1.29, 1.82) is 0 Å². The number of carbonyl (C=O) groups is 2. The molecule has 242 valence electrons. The normalized spacial score (nSPS) is 14.0. The number of aromatic nitrogens is 4. The number of aromatic hydroxyl groups is 1. The van der Waals surface area contributed by atoms with Gasteiger partial charge in [0.15, 0.2) is 17.8 Å². The number of anilines is 1. The molecule has 48 heavy (non-hydrogen) atoms. The van der Waals surface area contributed by atoms with E-state index in [0.717, 1.165) is 61.7 Å². The molecule has 3 aromatic heterocycles. The largest absolute Gasteiger partial charge is 0.507 e. The molecule has 2 aromatic carbocycles. The van der Waals surface area contributed by atoms with Crippen molar-refractivity contribution in [1.82, 2.24) is 34.6 Å². The van der Waals surface area contributed by atoms with Gasteiger partial charge in [0.05, 0.1) is 22.5 Å². The first-order chi connectivity index (χ1) is 23.4. The molecule has 0 spiro atoms. The number of hydrogen-bond acceptors (Lipinski definition) is 10. The number of nitrogens with one attached hydrogen (secondary N) is 1. The quantitative estimate of drug-likeness (QED) is 0.106. The van der Waals surface area contributed by atoms with Crippen LogP contribution in [0.3, 0.4) is 0 Å². The molecule has 11 heteroatoms. The lowest BCUT2D eigenvalue weighted by atomic mass is 10.1. The van der Waals surface area contributed by atoms with Crippen molar-refractivity contribution in [3.63, 3.8) is 0 Å². The molecule has 4 heterocycles. The lowest BCUT2D eigenvalue weighted by Gasteiger charge is -2.37. The van der Waals surface area contributed by atoms with Crippen LogP contribution in [-0.2, 0) is 11.3 Å². The SMILES string of the molecule is C=C(c1ccc(C=O)c(O)c1)N1CCN(Cc2ccc(-n3c(-c4cccnc4N)nc4ccc(/C(=C/C=C\C=O)NC)nc43)cc2)CC1. The summed E-state index contributed by atoms with van der Waals surface area (Å²) in [4.78, 5) is 40.7. The van der Waals surface area contributed by atoms with Crippen LogP contribution in [0, 0.1) is 0 Å². The maximum atomic E-state index is 11.1. The van der Waals surface area contributed by atoms with Crippen molar-refractivity contribution < 1.29 is 14.7 Å². The predicted octanol–water partition coefficient (Wildman–Crippen LogP) is 4.69. The minimum atomic E-state index is -0.0373. The Morgan fingerprint density at radius 3 is 2.48 bits per heavy atom. The summed E-state index contributed by atoms with van der Waals surface area (Å²) < 4.78 is 1.99. The van der Waals surface area contributed by atoms with Crippen LogP contribution in [0.1, 0.15) is 27.2 Å². The first-order valence-corrected chi connectivity index (χ1v) is 15.5. The van der Waals surface area contributed by atoms with Gasteiger partial charge in [0.2, 0.25) is 0 Å². The van der Waals surface area contributed by atoms with Gasteiger partial charge in [-0.2, -0.15) is 0 Å². The van der Waals surface area contributed by atoms with Crippen molar-refractivity contribution in [2.24, 2.45) is 0 Å². The van der Waals surface area contributed by atoms with Crippen molar-refractivity contribution in [3.05, 3.63) is 120 Å². The van der Waals surface area contributed by atoms with Gasteiger partial charge in [0.1, 0.15) is 23.4 Å². The maximum Gasteiger partial charge on any atom is 0.165 e. The summed E-state index contributed by atoms with van der Waals surface area (Å²) in [6.07, 6.45) is 7.91. The molecule has 0 aliphatic carbocycles. The molecular formula is C37H36N8O3. The topological polar surface area (TPSA) is 142 Å². The molecule has 6 rings (SSSR count). The standard InChI is InChI=1S/C37H36N8O3/c1-25(27-10-11-28(24-47)34(48)22-27)44-19-17-43(18-20-44)23-26-8-12-29(13-9-26)45-36(30-6-5-16-40-35(30)38)42-33-15-14-32(41-37(33)45)31(39-2)7-3-4-21-46/h3-16,21-22,24,39,48H,1,17-20,23H2,2H3,(H2,38,40)/b4-3-,31-7-. The van der Waals surface area contributed by atoms with Gasteiger partial charge < -0.3 is 21.1 Å². The summed E-state index contributed by atoms with van der Waals surface area (Å²) >= 11 is 0. The molecule has 1 fully saturated rings. The van der Waals surface area contributed by atoms with E-state index in [4.69, 9.17) is 15.7 Å². The number of fused-ring (bicyclic) bond motifs is 1. The predicted molar refractivity (Wildman–Crippen MR) is 188 cm³/mol. The number of benzene rings is 2. The minimum absolute atomic E-state index is 0.0373. The molecule has 0 bridgehead atoms. The van der Waals surface area contributed by atoms with Gasteiger partial charge in [0.25, 0.3) is 0 Å². The zero-order chi connectivity index (χ0) is 33.6. The molecule has 5 aromatic rings. The number of hydrogen-bond donors (Lipinski definition) is 3. The van der Waals surface area contributed by atoms with E-state index < -0.39 is 0 Å². The molecule has 1 aliphatic rings. The van der Waals surface area contributed by atoms with E-state index >= 15 is 0 Å². The fourth-order valence-corrected chi connectivity index (χ4v) is 5.82. The van der Waals surface area contributed by atoms with Crippen LogP contribution >= 0.6 is 0 Å². The van der Waals surface area contributed by atoms with E-state index in [1.54, 1.807) is 37.5 Å². The third kappa shape index (κ3) is 6.58. The number of carbonyl (C=O) groups excluding carboxylic acids is 2. The average Bonchev–Trinajstić information content (AvgIpc) is 3.49. The Balaban J connectivity index is 1.24. The van der Waals surface area contributed by atoms with Crippen LogP contribution in [-0.4, -0.2) is 80.2 Å². The van der Waals surface area contributed by atoms with Crippen molar-refractivity contribution in [3.8, 4) is 22.8 Å². The van der Waals surface area contributed by atoms with Crippen LogP contribution in [0.2, 0.25) is 0 Å². The Kier molecular flexibility index (Phi) is 9.40. The monoisotopic (exact) mass is 640 g/mol. The number of nitrogens with zero attached hydrogens (tertiary/aromatic N) is 6. The highest BCUT2D eigenvalue weighted by atomic mass is 16.3. The van der Waals surface area contributed by atoms with Crippen molar-refractivity contribution >= 4 is 40.9 Å². The van der Waals surface area contributed by atoms with Gasteiger partial charge in [-0.25, -0.2) is 15.0 Å². The average molecular weight is 641 g/mol. The fraction of sp³-hybridized carbons (Fsp3) is 0.162. The summed E-state index contributed by atoms with van der Waals surface area (Å²) in [6, 6.07) is 20.9. The molecule has 11 nitrogen and oxygen atoms in total. The lowest BCUT2D eigenvalue weighted by Crippen LogP contribution is -2.44. The van der Waals surface area contributed by atoms with Gasteiger partial charge in [-0.05, 0) is 66.2 Å². The number of nitrogen functional groups attached to an aromatic ring is 1. The first-order valence-electron chi connectivity index (χ1n) is 15.5. The van der Waals surface area contributed by atoms with Crippen LogP contribution in [0.25, 0.3) is 39.6 Å². The fourth-order valence-electron chi connectivity index (χ4n) is 5.82. The van der Waals surface area contributed by atoms with E-state index in [0.29, 0.717) is 40.3 Å². The summed E-state index contributed by atoms with van der Waals surface area (Å²) in [7, 11) is 1.81. The zero-order valence-corrected chi connectivity index (χ0v) is 26.6. The summed E-state index contributed by atoms with van der Waals surface area (Å²) in [5.41, 5.74) is 13.8. The summed E-state index contributed by atoms with van der Waals surface area (Å²) in [6.45, 7) is 8.33. The van der Waals surface area contributed by atoms with Crippen LogP contribution in [0.5, 0.6) is 5.75 Å². The number of piperazine rings is 1. The number of allylic oxidation sites excluding steroid dienone is 3. The number of rotatable bonds is 11. The molecule has 0 radical (unpaired) electrons. The smallest absolute Gasteiger partial charge is 0.165 e. The van der Waals surface area contributed by atoms with Crippen LogP contribution in [0.15, 0.2) is 97.7 Å². The number of nitrogens with two attached hydrogens (primary N) is 1. The second-order valence-corrected chi connectivity index (χ2v) is 11.4. The van der Waals surface area contributed by atoms with Gasteiger partial charge in [0, 0.05) is 62.9 Å². The summed E-state index contributed by atoms with van der Waals surface area (Å²) in [5.74, 6) is 0.969. The highest BCUT2D eigenvalue weighted by Crippen LogP contribution is 2.31. The van der Waals surface area contributed by atoms with Gasteiger partial charge in [-0.1, -0.05) is 30.9 Å². The van der Waals surface area contributed by atoms with Gasteiger partial charge >= 0.3 is 0 Å². The number of pyridine rings is 2. The highest BCUT2D eigenvalue weighted by Gasteiger charge is 2.21. The van der Waals surface area contributed by atoms with Crippen LogP contribution in [0.4, 0.5) is 5.82 Å². The van der Waals surface area contributed by atoms with Crippen LogP contribution < -0.4 is 11.1 Å². The van der Waals surface area contributed by atoms with E-state index in [9.17, 15) is 14.7 Å². The van der Waals surface area contributed by atoms with Gasteiger partial charge in [-0.3, -0.25) is 19.1 Å². The second-order valence-electron chi connectivity index (χ2n) is 11.4. The molecule has 1 saturated heterocycles. The molecule has 4 N–H and O–H groups in total. The Morgan fingerprint density at radius 1 is 1.00 bits per heavy atom. The highest BCUT2D eigenvalue weighted by molar-refractivity contribution is 5.84. The maximum absolute atomic E-state index is 11.1. The Hall–Kier alpha value is -6.07. The molecule has 0 saturated carbocycles. The van der Waals surface area contributed by atoms with E-state index in [1.165, 1.54) is 11.6 Å². The number of aldehydes is 2. The first kappa shape index (κ1) is 31.9. The minimum Gasteiger partial charge on any atom is -0.507 e. The molecule has 0 amide bonds. The Bertz CT molecular complexity index is 2040. The molecular weight excluding hydrogens is 604 g/mol. The van der Waals surface area contributed by atoms with E-state index in [2.05, 4.69) is 50.9 Å². The summed E-state index contributed by atoms with van der Waals surface area (Å²) in [5, 5.41) is 13.3. The number of phenols is 1. The van der Waals surface area contributed by atoms with Crippen molar-refractivity contribution in [2.45, 2.75) is 6.54 Å². The molecule has 0 unspecified atom stereocenters. The van der Waals surface area contributed by atoms with Crippen molar-refractivity contribution in [2.75, 3.05) is 39.0 Å². The zero-order valence-electron chi connectivity index (χ0n) is 26.6.